The normalized spacial score (nSPS) is 11.1. The van der Waals surface area contributed by atoms with Gasteiger partial charge in [0.1, 0.15) is 6.54 Å². The molecular formula is C7H13F3N2S. The Balaban J connectivity index is 3.41. The summed E-state index contributed by atoms with van der Waals surface area (Å²) in [5.74, 6) is 0. The van der Waals surface area contributed by atoms with Gasteiger partial charge in [0.25, 0.3) is 0 Å². The number of unbranched alkanes of at least 4 members (excludes halogenated alkanes) is 1. The second-order valence-electron chi connectivity index (χ2n) is 2.58. The number of rotatable bonds is 4. The van der Waals surface area contributed by atoms with E-state index in [4.69, 9.17) is 0 Å². The summed E-state index contributed by atoms with van der Waals surface area (Å²) in [5.41, 5.74) is 0. The van der Waals surface area contributed by atoms with E-state index in [1.165, 1.54) is 0 Å². The number of thiocarbonyl (C=S) groups is 1. The molecule has 0 amide bonds. The van der Waals surface area contributed by atoms with Crippen LogP contribution >= 0.6 is 12.2 Å². The lowest BCUT2D eigenvalue weighted by molar-refractivity contribution is -0.122. The van der Waals surface area contributed by atoms with Gasteiger partial charge in [0, 0.05) is 6.54 Å². The topological polar surface area (TPSA) is 24.1 Å². The van der Waals surface area contributed by atoms with Crippen LogP contribution in [0.1, 0.15) is 19.8 Å². The van der Waals surface area contributed by atoms with Gasteiger partial charge in [-0.25, -0.2) is 0 Å². The van der Waals surface area contributed by atoms with Crippen molar-refractivity contribution in [1.82, 2.24) is 10.6 Å². The maximum absolute atomic E-state index is 11.7. The first-order chi connectivity index (χ1) is 5.95. The van der Waals surface area contributed by atoms with E-state index in [2.05, 4.69) is 22.9 Å². The minimum atomic E-state index is -4.21. The highest BCUT2D eigenvalue weighted by Crippen LogP contribution is 2.11. The van der Waals surface area contributed by atoms with Crippen molar-refractivity contribution >= 4 is 17.3 Å². The van der Waals surface area contributed by atoms with E-state index in [9.17, 15) is 13.2 Å². The minimum absolute atomic E-state index is 0.0609. The van der Waals surface area contributed by atoms with Gasteiger partial charge in [-0.3, -0.25) is 0 Å². The lowest BCUT2D eigenvalue weighted by atomic mass is 10.3. The molecule has 0 aliphatic carbocycles. The van der Waals surface area contributed by atoms with Crippen LogP contribution in [-0.4, -0.2) is 24.4 Å². The van der Waals surface area contributed by atoms with Gasteiger partial charge >= 0.3 is 6.18 Å². The molecule has 0 aromatic rings. The molecule has 0 rings (SSSR count). The van der Waals surface area contributed by atoms with Crippen molar-refractivity contribution in [2.45, 2.75) is 25.9 Å². The molecule has 0 saturated heterocycles. The molecule has 6 heteroatoms. The summed E-state index contributed by atoms with van der Waals surface area (Å²) in [6.45, 7) is 1.53. The molecule has 0 fully saturated rings. The van der Waals surface area contributed by atoms with E-state index in [1.54, 1.807) is 0 Å². The summed E-state index contributed by atoms with van der Waals surface area (Å²) in [4.78, 5) is 0. The van der Waals surface area contributed by atoms with Crippen molar-refractivity contribution < 1.29 is 13.2 Å². The summed E-state index contributed by atoms with van der Waals surface area (Å²) in [7, 11) is 0. The van der Waals surface area contributed by atoms with E-state index in [1.807, 2.05) is 6.92 Å². The lowest BCUT2D eigenvalue weighted by Gasteiger charge is -2.11. The van der Waals surface area contributed by atoms with Gasteiger partial charge in [0.2, 0.25) is 0 Å². The smallest absolute Gasteiger partial charge is 0.363 e. The fourth-order valence-electron chi connectivity index (χ4n) is 0.622. The molecule has 0 atom stereocenters. The lowest BCUT2D eigenvalue weighted by Crippen LogP contribution is -2.40. The van der Waals surface area contributed by atoms with Gasteiger partial charge in [-0.2, -0.15) is 13.2 Å². The zero-order chi connectivity index (χ0) is 10.3. The van der Waals surface area contributed by atoms with Crippen LogP contribution < -0.4 is 10.6 Å². The molecule has 0 aliphatic heterocycles. The van der Waals surface area contributed by atoms with Crippen molar-refractivity contribution in [1.29, 1.82) is 0 Å². The Morgan fingerprint density at radius 1 is 1.31 bits per heavy atom. The molecule has 0 aromatic carbocycles. The largest absolute Gasteiger partial charge is 0.405 e. The fraction of sp³-hybridized carbons (Fsp3) is 0.857. The molecule has 0 aromatic heterocycles. The monoisotopic (exact) mass is 214 g/mol. The van der Waals surface area contributed by atoms with Crippen LogP contribution in [0.15, 0.2) is 0 Å². The van der Waals surface area contributed by atoms with Crippen LogP contribution in [0.5, 0.6) is 0 Å². The molecule has 0 saturated carbocycles. The van der Waals surface area contributed by atoms with Crippen molar-refractivity contribution in [3.05, 3.63) is 0 Å². The summed E-state index contributed by atoms with van der Waals surface area (Å²) in [6, 6.07) is 0. The van der Waals surface area contributed by atoms with Gasteiger partial charge in [0.15, 0.2) is 5.11 Å². The minimum Gasteiger partial charge on any atom is -0.363 e. The first-order valence-corrected chi connectivity index (χ1v) is 4.45. The SMILES string of the molecule is CCCCNC(=S)NCC(F)(F)F. The molecule has 0 radical (unpaired) electrons. The first-order valence-electron chi connectivity index (χ1n) is 4.04. The molecule has 0 aliphatic rings. The van der Waals surface area contributed by atoms with Crippen molar-refractivity contribution in [2.75, 3.05) is 13.1 Å². The molecule has 0 heterocycles. The quantitative estimate of drug-likeness (QED) is 0.551. The highest BCUT2D eigenvalue weighted by Gasteiger charge is 2.26. The maximum atomic E-state index is 11.7. The highest BCUT2D eigenvalue weighted by atomic mass is 32.1. The molecule has 78 valence electrons. The van der Waals surface area contributed by atoms with Crippen LogP contribution in [0.4, 0.5) is 13.2 Å². The Bertz CT molecular complexity index is 158. The average molecular weight is 214 g/mol. The van der Waals surface area contributed by atoms with E-state index in [0.717, 1.165) is 12.8 Å². The zero-order valence-electron chi connectivity index (χ0n) is 7.37. The Kier molecular flexibility index (Phi) is 5.77. The molecule has 0 spiro atoms. The number of nitrogens with one attached hydrogen (secondary N) is 2. The molecule has 2 N–H and O–H groups in total. The van der Waals surface area contributed by atoms with Gasteiger partial charge < -0.3 is 10.6 Å². The Morgan fingerprint density at radius 2 is 1.92 bits per heavy atom. The van der Waals surface area contributed by atoms with Crippen molar-refractivity contribution in [3.63, 3.8) is 0 Å². The number of alkyl halides is 3. The van der Waals surface area contributed by atoms with E-state index < -0.39 is 12.7 Å². The second kappa shape index (κ2) is 6.01. The molecule has 2 nitrogen and oxygen atoms in total. The van der Waals surface area contributed by atoms with Gasteiger partial charge in [-0.1, -0.05) is 13.3 Å². The van der Waals surface area contributed by atoms with Crippen LogP contribution in [0.2, 0.25) is 0 Å². The summed E-state index contributed by atoms with van der Waals surface area (Å²) in [6.07, 6.45) is -2.33. The Hall–Kier alpha value is -0.520. The Labute approximate surface area is 80.9 Å². The molecule has 13 heavy (non-hydrogen) atoms. The van der Waals surface area contributed by atoms with Gasteiger partial charge in [-0.05, 0) is 18.6 Å². The number of hydrogen-bond acceptors (Lipinski definition) is 1. The highest BCUT2D eigenvalue weighted by molar-refractivity contribution is 7.80. The van der Waals surface area contributed by atoms with Crippen molar-refractivity contribution in [3.8, 4) is 0 Å². The first kappa shape index (κ1) is 12.5. The fourth-order valence-corrected chi connectivity index (χ4v) is 0.796. The third kappa shape index (κ3) is 9.39. The van der Waals surface area contributed by atoms with Gasteiger partial charge in [-0.15, -0.1) is 0 Å². The zero-order valence-corrected chi connectivity index (χ0v) is 8.19. The van der Waals surface area contributed by atoms with E-state index in [-0.39, 0.29) is 5.11 Å². The average Bonchev–Trinajstić information content (AvgIpc) is 2.00. The van der Waals surface area contributed by atoms with Gasteiger partial charge in [0.05, 0.1) is 0 Å². The van der Waals surface area contributed by atoms with Crippen LogP contribution in [0.25, 0.3) is 0 Å². The van der Waals surface area contributed by atoms with Crippen molar-refractivity contribution in [2.24, 2.45) is 0 Å². The second-order valence-corrected chi connectivity index (χ2v) is 2.99. The molecular weight excluding hydrogens is 201 g/mol. The molecule has 0 bridgehead atoms. The van der Waals surface area contributed by atoms with E-state index >= 15 is 0 Å². The van der Waals surface area contributed by atoms with Crippen LogP contribution in [0.3, 0.4) is 0 Å². The van der Waals surface area contributed by atoms with E-state index in [0.29, 0.717) is 6.54 Å². The molecule has 0 unspecified atom stereocenters. The number of hydrogen-bond donors (Lipinski definition) is 2. The third-order valence-electron chi connectivity index (χ3n) is 1.27. The summed E-state index contributed by atoms with van der Waals surface area (Å²) < 4.78 is 35.0. The standard InChI is InChI=1S/C7H13F3N2S/c1-2-3-4-11-6(13)12-5-7(8,9)10/h2-5H2,1H3,(H2,11,12,13). The van der Waals surface area contributed by atoms with Crippen LogP contribution in [-0.2, 0) is 0 Å². The maximum Gasteiger partial charge on any atom is 0.405 e. The number of halogens is 3. The predicted molar refractivity (Wildman–Crippen MR) is 49.6 cm³/mol. The van der Waals surface area contributed by atoms with Crippen LogP contribution in [0, 0.1) is 0 Å². The predicted octanol–water partition coefficient (Wildman–Crippen LogP) is 1.81. The summed E-state index contributed by atoms with van der Waals surface area (Å²) >= 11 is 4.61. The third-order valence-corrected chi connectivity index (χ3v) is 1.55. The summed E-state index contributed by atoms with van der Waals surface area (Å²) in [5, 5.41) is 4.81. The Morgan fingerprint density at radius 3 is 2.38 bits per heavy atom.